The highest BCUT2D eigenvalue weighted by Gasteiger charge is 2.22. The summed E-state index contributed by atoms with van der Waals surface area (Å²) in [5.74, 6) is 2.19. The van der Waals surface area contributed by atoms with E-state index in [1.165, 1.54) is 6.42 Å². The van der Waals surface area contributed by atoms with Crippen molar-refractivity contribution in [1.29, 1.82) is 0 Å². The molecule has 3 rings (SSSR count). The lowest BCUT2D eigenvalue weighted by molar-refractivity contribution is -0.131. The number of nitrogens with zero attached hydrogens (tertiary/aromatic N) is 4. The molecule has 0 unspecified atom stereocenters. The van der Waals surface area contributed by atoms with E-state index in [1.54, 1.807) is 41.6 Å². The molecule has 5 nitrogen and oxygen atoms in total. The molecule has 0 spiro atoms. The lowest BCUT2D eigenvalue weighted by Crippen LogP contribution is -2.42. The summed E-state index contributed by atoms with van der Waals surface area (Å²) in [6, 6.07) is 2.18. The molecule has 2 aromatic heterocycles. The molecule has 23 heavy (non-hydrogen) atoms. The molecule has 3 heterocycles. The van der Waals surface area contributed by atoms with Crippen LogP contribution in [0.1, 0.15) is 31.9 Å². The highest BCUT2D eigenvalue weighted by Crippen LogP contribution is 2.23. The maximum Gasteiger partial charge on any atom is 0.232 e. The molecule has 1 aliphatic rings. The molecule has 1 aliphatic heterocycles. The van der Waals surface area contributed by atoms with Gasteiger partial charge in [0.1, 0.15) is 0 Å². The van der Waals surface area contributed by atoms with Gasteiger partial charge >= 0.3 is 0 Å². The number of hydrogen-bond acceptors (Lipinski definition) is 6. The second-order valence-electron chi connectivity index (χ2n) is 5.64. The fraction of sp³-hybridized carbons (Fsp3) is 0.500. The van der Waals surface area contributed by atoms with Gasteiger partial charge < -0.3 is 4.90 Å². The highest BCUT2D eigenvalue weighted by atomic mass is 32.2. The van der Waals surface area contributed by atoms with Crippen LogP contribution in [0.25, 0.3) is 10.8 Å². The Morgan fingerprint density at radius 1 is 1.39 bits per heavy atom. The Bertz CT molecular complexity index is 647. The standard InChI is InChI=1S/C16H20N4OS2/c1-12-5-2-3-8-20(12)14(21)11-22-9-13-10-23-16(19-13)15-17-6-4-7-18-15/h4,6-7,10,12H,2-3,5,8-9,11H2,1H3/t12-/m0/s1. The van der Waals surface area contributed by atoms with E-state index in [2.05, 4.69) is 21.9 Å². The molecule has 0 aliphatic carbocycles. The molecule has 1 atom stereocenters. The van der Waals surface area contributed by atoms with Crippen LogP contribution < -0.4 is 0 Å². The van der Waals surface area contributed by atoms with Crippen molar-refractivity contribution >= 4 is 29.0 Å². The number of rotatable bonds is 5. The number of thiazole rings is 1. The summed E-state index contributed by atoms with van der Waals surface area (Å²) < 4.78 is 0. The summed E-state index contributed by atoms with van der Waals surface area (Å²) in [4.78, 5) is 27.3. The lowest BCUT2D eigenvalue weighted by atomic mass is 10.0. The number of carbonyl (C=O) groups is 1. The van der Waals surface area contributed by atoms with Gasteiger partial charge in [-0.05, 0) is 32.3 Å². The van der Waals surface area contributed by atoms with Crippen LogP contribution in [0.15, 0.2) is 23.8 Å². The van der Waals surface area contributed by atoms with Crippen LogP contribution in [0.5, 0.6) is 0 Å². The third-order valence-corrected chi connectivity index (χ3v) is 5.75. The van der Waals surface area contributed by atoms with E-state index in [0.29, 0.717) is 17.6 Å². The summed E-state index contributed by atoms with van der Waals surface area (Å²) in [6.07, 6.45) is 6.94. The molecule has 1 saturated heterocycles. The Morgan fingerprint density at radius 2 is 2.22 bits per heavy atom. The Kier molecular flexibility index (Phi) is 5.61. The minimum absolute atomic E-state index is 0.254. The third kappa shape index (κ3) is 4.29. The van der Waals surface area contributed by atoms with Gasteiger partial charge in [-0.1, -0.05) is 0 Å². The fourth-order valence-corrected chi connectivity index (χ4v) is 4.35. The first kappa shape index (κ1) is 16.4. The topological polar surface area (TPSA) is 59.0 Å². The maximum atomic E-state index is 12.3. The summed E-state index contributed by atoms with van der Waals surface area (Å²) in [5, 5.41) is 2.85. The van der Waals surface area contributed by atoms with E-state index in [4.69, 9.17) is 0 Å². The quantitative estimate of drug-likeness (QED) is 0.830. The number of likely N-dealkylation sites (tertiary alicyclic amines) is 1. The highest BCUT2D eigenvalue weighted by molar-refractivity contribution is 7.99. The molecule has 0 radical (unpaired) electrons. The van der Waals surface area contributed by atoms with Crippen molar-refractivity contribution in [2.45, 2.75) is 38.0 Å². The van der Waals surface area contributed by atoms with Crippen LogP contribution in [-0.2, 0) is 10.5 Å². The normalized spacial score (nSPS) is 18.1. The maximum absolute atomic E-state index is 12.3. The first-order valence-corrected chi connectivity index (χ1v) is 9.86. The van der Waals surface area contributed by atoms with Gasteiger partial charge in [-0.3, -0.25) is 4.79 Å². The molecule has 0 saturated carbocycles. The van der Waals surface area contributed by atoms with Crippen molar-refractivity contribution in [3.8, 4) is 10.8 Å². The second-order valence-corrected chi connectivity index (χ2v) is 7.48. The zero-order valence-corrected chi connectivity index (χ0v) is 14.8. The van der Waals surface area contributed by atoms with Crippen LogP contribution in [-0.4, -0.2) is 44.1 Å². The van der Waals surface area contributed by atoms with Crippen LogP contribution in [0.4, 0.5) is 0 Å². The van der Waals surface area contributed by atoms with E-state index >= 15 is 0 Å². The van der Waals surface area contributed by atoms with E-state index in [-0.39, 0.29) is 5.91 Å². The smallest absolute Gasteiger partial charge is 0.232 e. The molecule has 1 fully saturated rings. The Hall–Kier alpha value is -1.47. The monoisotopic (exact) mass is 348 g/mol. The summed E-state index contributed by atoms with van der Waals surface area (Å²) in [7, 11) is 0. The first-order valence-electron chi connectivity index (χ1n) is 7.83. The molecule has 0 N–H and O–H groups in total. The summed E-state index contributed by atoms with van der Waals surface area (Å²) in [5.41, 5.74) is 0.988. The van der Waals surface area contributed by atoms with Crippen molar-refractivity contribution < 1.29 is 4.79 Å². The number of aromatic nitrogens is 3. The van der Waals surface area contributed by atoms with Crippen LogP contribution >= 0.6 is 23.1 Å². The van der Waals surface area contributed by atoms with Gasteiger partial charge in [0, 0.05) is 36.1 Å². The molecule has 2 aromatic rings. The molecule has 7 heteroatoms. The predicted octanol–water partition coefficient (Wildman–Crippen LogP) is 3.23. The van der Waals surface area contributed by atoms with Crippen molar-refractivity contribution in [2.75, 3.05) is 12.3 Å². The predicted molar refractivity (Wildman–Crippen MR) is 94.3 cm³/mol. The van der Waals surface area contributed by atoms with Gasteiger partial charge in [0.25, 0.3) is 0 Å². The first-order chi connectivity index (χ1) is 11.2. The van der Waals surface area contributed by atoms with Gasteiger partial charge in [0.05, 0.1) is 11.4 Å². The molecule has 0 bridgehead atoms. The zero-order chi connectivity index (χ0) is 16.1. The van der Waals surface area contributed by atoms with Crippen molar-refractivity contribution in [2.24, 2.45) is 0 Å². The number of amides is 1. The molecular weight excluding hydrogens is 328 g/mol. The largest absolute Gasteiger partial charge is 0.339 e. The van der Waals surface area contributed by atoms with E-state index in [1.807, 2.05) is 10.3 Å². The minimum Gasteiger partial charge on any atom is -0.339 e. The third-order valence-electron chi connectivity index (χ3n) is 3.91. The van der Waals surface area contributed by atoms with Crippen LogP contribution in [0.3, 0.4) is 0 Å². The average Bonchev–Trinajstić information content (AvgIpc) is 3.05. The van der Waals surface area contributed by atoms with E-state index in [0.717, 1.165) is 35.8 Å². The number of piperidine rings is 1. The van der Waals surface area contributed by atoms with Crippen molar-refractivity contribution in [3.05, 3.63) is 29.5 Å². The molecule has 1 amide bonds. The van der Waals surface area contributed by atoms with Crippen molar-refractivity contribution in [3.63, 3.8) is 0 Å². The van der Waals surface area contributed by atoms with Crippen LogP contribution in [0.2, 0.25) is 0 Å². The second kappa shape index (κ2) is 7.88. The van der Waals surface area contributed by atoms with Gasteiger partial charge in [-0.25, -0.2) is 15.0 Å². The van der Waals surface area contributed by atoms with Gasteiger partial charge in [-0.2, -0.15) is 0 Å². The lowest BCUT2D eigenvalue weighted by Gasteiger charge is -2.33. The van der Waals surface area contributed by atoms with E-state index < -0.39 is 0 Å². The molecular formula is C16H20N4OS2. The Balaban J connectivity index is 1.49. The van der Waals surface area contributed by atoms with Crippen LogP contribution in [0, 0.1) is 0 Å². The number of carbonyl (C=O) groups excluding carboxylic acids is 1. The van der Waals surface area contributed by atoms with Gasteiger partial charge in [0.15, 0.2) is 10.8 Å². The summed E-state index contributed by atoms with van der Waals surface area (Å²) in [6.45, 7) is 3.06. The summed E-state index contributed by atoms with van der Waals surface area (Å²) >= 11 is 3.18. The number of thioether (sulfide) groups is 1. The minimum atomic E-state index is 0.254. The van der Waals surface area contributed by atoms with Crippen molar-refractivity contribution in [1.82, 2.24) is 19.9 Å². The molecule has 122 valence electrons. The average molecular weight is 348 g/mol. The van der Waals surface area contributed by atoms with Gasteiger partial charge in [-0.15, -0.1) is 23.1 Å². The Morgan fingerprint density at radius 3 is 3.00 bits per heavy atom. The number of hydrogen-bond donors (Lipinski definition) is 0. The zero-order valence-electron chi connectivity index (χ0n) is 13.1. The SMILES string of the molecule is C[C@H]1CCCCN1C(=O)CSCc1csc(-c2ncccn2)n1. The van der Waals surface area contributed by atoms with E-state index in [9.17, 15) is 4.79 Å². The fourth-order valence-electron chi connectivity index (χ4n) is 2.68. The Labute approximate surface area is 144 Å². The molecule has 0 aromatic carbocycles. The van der Waals surface area contributed by atoms with Gasteiger partial charge in [0.2, 0.25) is 5.91 Å².